The van der Waals surface area contributed by atoms with Gasteiger partial charge in [-0.1, -0.05) is 18.6 Å². The van der Waals surface area contributed by atoms with Gasteiger partial charge < -0.3 is 15.0 Å². The van der Waals surface area contributed by atoms with Crippen LogP contribution in [0.25, 0.3) is 10.2 Å². The van der Waals surface area contributed by atoms with Crippen molar-refractivity contribution >= 4 is 44.9 Å². The summed E-state index contributed by atoms with van der Waals surface area (Å²) in [6, 6.07) is 8.29. The van der Waals surface area contributed by atoms with Crippen LogP contribution in [-0.2, 0) is 9.53 Å². The number of thiazole rings is 1. The number of methoxy groups -OCH3 is 1. The highest BCUT2D eigenvalue weighted by Gasteiger charge is 2.18. The average Bonchev–Trinajstić information content (AvgIpc) is 3.06. The normalized spacial score (nSPS) is 12.0. The predicted octanol–water partition coefficient (Wildman–Crippen LogP) is 3.90. The second kappa shape index (κ2) is 9.68. The highest BCUT2D eigenvalue weighted by Crippen LogP contribution is 2.28. The Kier molecular flexibility index (Phi) is 7.58. The molecule has 0 bridgehead atoms. The number of benzene rings is 1. The molecule has 0 aliphatic heterocycles. The number of carbonyl (C=O) groups excluding carboxylic acids is 1. The smallest absolute Gasteiger partial charge is 0.305 e. The van der Waals surface area contributed by atoms with E-state index in [1.165, 1.54) is 11.8 Å². The number of nitrogens with one attached hydrogen (secondary N) is 1. The largest absolute Gasteiger partial charge is 0.469 e. The van der Waals surface area contributed by atoms with Crippen molar-refractivity contribution in [3.8, 4) is 0 Å². The quantitative estimate of drug-likeness (QED) is 0.426. The van der Waals surface area contributed by atoms with Gasteiger partial charge in [-0.3, -0.25) is 4.79 Å². The Bertz CT molecular complexity index is 684. The summed E-state index contributed by atoms with van der Waals surface area (Å²) in [5.74, 6) is -0.145. The Morgan fingerprint density at radius 3 is 2.84 bits per heavy atom. The summed E-state index contributed by atoms with van der Waals surface area (Å²) in [6.45, 7) is 2.92. The van der Waals surface area contributed by atoms with Crippen molar-refractivity contribution in [3.05, 3.63) is 29.3 Å². The summed E-state index contributed by atoms with van der Waals surface area (Å²) in [7, 11) is 3.41. The minimum atomic E-state index is -0.145. The van der Waals surface area contributed by atoms with Crippen LogP contribution in [0.3, 0.4) is 0 Å². The molecule has 2 rings (SSSR count). The second-order valence-electron chi connectivity index (χ2n) is 5.93. The third kappa shape index (κ3) is 5.64. The number of aromatic nitrogens is 1. The van der Waals surface area contributed by atoms with Crippen LogP contribution in [0.1, 0.15) is 43.7 Å². The van der Waals surface area contributed by atoms with Gasteiger partial charge in [-0.2, -0.15) is 0 Å². The van der Waals surface area contributed by atoms with E-state index in [4.69, 9.17) is 17.2 Å². The van der Waals surface area contributed by atoms with E-state index in [0.29, 0.717) is 6.42 Å². The molecule has 1 aromatic carbocycles. The molecule has 0 fully saturated rings. The molecule has 2 aromatic rings. The van der Waals surface area contributed by atoms with Crippen LogP contribution in [0.15, 0.2) is 24.3 Å². The molecule has 0 saturated carbocycles. The lowest BCUT2D eigenvalue weighted by Crippen LogP contribution is -2.38. The summed E-state index contributed by atoms with van der Waals surface area (Å²) in [4.78, 5) is 17.8. The zero-order valence-electron chi connectivity index (χ0n) is 14.9. The molecule has 0 radical (unpaired) electrons. The van der Waals surface area contributed by atoms with Crippen LogP contribution in [-0.4, -0.2) is 41.7 Å². The lowest BCUT2D eigenvalue weighted by Gasteiger charge is -2.26. The molecule has 1 atom stereocenters. The minimum absolute atomic E-state index is 0.122. The predicted molar refractivity (Wildman–Crippen MR) is 107 cm³/mol. The minimum Gasteiger partial charge on any atom is -0.469 e. The Balaban J connectivity index is 1.76. The van der Waals surface area contributed by atoms with Crippen LogP contribution in [0.2, 0.25) is 0 Å². The summed E-state index contributed by atoms with van der Waals surface area (Å²) in [6.07, 6.45) is 3.27. The topological polar surface area (TPSA) is 54.5 Å². The number of unbranched alkanes of at least 4 members (excludes halogenated alkanes) is 2. The van der Waals surface area contributed by atoms with Gasteiger partial charge in [-0.15, -0.1) is 11.3 Å². The molecule has 0 amide bonds. The van der Waals surface area contributed by atoms with E-state index in [2.05, 4.69) is 23.0 Å². The lowest BCUT2D eigenvalue weighted by atomic mass is 10.2. The number of fused-ring (bicyclic) bond motifs is 1. The van der Waals surface area contributed by atoms with E-state index in [-0.39, 0.29) is 12.0 Å². The van der Waals surface area contributed by atoms with Crippen LogP contribution < -0.4 is 5.32 Å². The molecule has 7 heteroatoms. The lowest BCUT2D eigenvalue weighted by molar-refractivity contribution is -0.140. The van der Waals surface area contributed by atoms with Crippen LogP contribution in [0, 0.1) is 0 Å². The Morgan fingerprint density at radius 2 is 2.12 bits per heavy atom. The Labute approximate surface area is 158 Å². The maximum atomic E-state index is 11.0. The van der Waals surface area contributed by atoms with E-state index in [1.807, 2.05) is 30.1 Å². The highest BCUT2D eigenvalue weighted by molar-refractivity contribution is 7.80. The van der Waals surface area contributed by atoms with Crippen molar-refractivity contribution in [1.82, 2.24) is 15.2 Å². The maximum absolute atomic E-state index is 11.0. The summed E-state index contributed by atoms with van der Waals surface area (Å²) in [5.41, 5.74) is 1.03. The fourth-order valence-corrected chi connectivity index (χ4v) is 3.73. The second-order valence-corrected chi connectivity index (χ2v) is 7.37. The van der Waals surface area contributed by atoms with Crippen LogP contribution in [0.4, 0.5) is 0 Å². The number of thiocarbonyl (C=S) groups is 1. The number of hydrogen-bond acceptors (Lipinski definition) is 5. The molecule has 0 aliphatic carbocycles. The first-order valence-electron chi connectivity index (χ1n) is 8.46. The van der Waals surface area contributed by atoms with Crippen molar-refractivity contribution in [2.24, 2.45) is 0 Å². The number of para-hydroxylation sites is 1. The molecule has 0 spiro atoms. The first kappa shape index (κ1) is 19.6. The summed E-state index contributed by atoms with van der Waals surface area (Å²) >= 11 is 7.20. The third-order valence-electron chi connectivity index (χ3n) is 4.13. The van der Waals surface area contributed by atoms with Gasteiger partial charge in [0, 0.05) is 20.0 Å². The van der Waals surface area contributed by atoms with Crippen molar-refractivity contribution in [2.75, 3.05) is 20.7 Å². The van der Waals surface area contributed by atoms with Gasteiger partial charge in [0.1, 0.15) is 5.01 Å². The summed E-state index contributed by atoms with van der Waals surface area (Å²) in [5, 5.41) is 5.07. The van der Waals surface area contributed by atoms with Crippen LogP contribution >= 0.6 is 23.6 Å². The first-order valence-corrected chi connectivity index (χ1v) is 9.68. The number of ether oxygens (including phenoxy) is 1. The number of nitrogens with zero attached hydrogens (tertiary/aromatic N) is 2. The average molecular weight is 380 g/mol. The first-order chi connectivity index (χ1) is 12.0. The molecular weight excluding hydrogens is 354 g/mol. The molecule has 5 nitrogen and oxygen atoms in total. The van der Waals surface area contributed by atoms with Crippen molar-refractivity contribution < 1.29 is 9.53 Å². The third-order valence-corrected chi connectivity index (χ3v) is 5.77. The highest BCUT2D eigenvalue weighted by atomic mass is 32.1. The van der Waals surface area contributed by atoms with E-state index < -0.39 is 0 Å². The van der Waals surface area contributed by atoms with E-state index in [1.54, 1.807) is 11.3 Å². The Morgan fingerprint density at radius 1 is 1.36 bits per heavy atom. The molecule has 1 heterocycles. The fourth-order valence-electron chi connectivity index (χ4n) is 2.40. The number of esters is 1. The van der Waals surface area contributed by atoms with Gasteiger partial charge in [0.15, 0.2) is 5.11 Å². The standard InChI is InChI=1S/C18H25N3O2S2/c1-13(17-20-14-9-6-7-10-15(14)25-17)21(2)18(24)19-12-8-4-5-11-16(22)23-3/h6-7,9-10,13H,4-5,8,11-12H2,1-3H3,(H,19,24)/t13-/m0/s1. The van der Waals surface area contributed by atoms with Crippen molar-refractivity contribution in [2.45, 2.75) is 38.6 Å². The SMILES string of the molecule is COC(=O)CCCCCNC(=S)N(C)[C@@H](C)c1nc2ccccc2s1. The molecule has 0 saturated heterocycles. The van der Waals surface area contributed by atoms with Gasteiger partial charge in [-0.05, 0) is 44.1 Å². The monoisotopic (exact) mass is 379 g/mol. The van der Waals surface area contributed by atoms with Gasteiger partial charge in [0.05, 0.1) is 23.4 Å². The zero-order chi connectivity index (χ0) is 18.2. The molecule has 1 aromatic heterocycles. The van der Waals surface area contributed by atoms with E-state index in [9.17, 15) is 4.79 Å². The fraction of sp³-hybridized carbons (Fsp3) is 0.500. The maximum Gasteiger partial charge on any atom is 0.305 e. The van der Waals surface area contributed by atoms with Crippen LogP contribution in [0.5, 0.6) is 0 Å². The van der Waals surface area contributed by atoms with Gasteiger partial charge in [0.25, 0.3) is 0 Å². The molecule has 25 heavy (non-hydrogen) atoms. The zero-order valence-corrected chi connectivity index (χ0v) is 16.6. The van der Waals surface area contributed by atoms with E-state index >= 15 is 0 Å². The van der Waals surface area contributed by atoms with E-state index in [0.717, 1.165) is 41.4 Å². The molecular formula is C18H25N3O2S2. The van der Waals surface area contributed by atoms with Gasteiger partial charge >= 0.3 is 5.97 Å². The van der Waals surface area contributed by atoms with Crippen molar-refractivity contribution in [1.29, 1.82) is 0 Å². The van der Waals surface area contributed by atoms with Gasteiger partial charge in [-0.25, -0.2) is 4.98 Å². The number of hydrogen-bond donors (Lipinski definition) is 1. The molecule has 0 unspecified atom stereocenters. The number of carbonyl (C=O) groups is 1. The molecule has 1 N–H and O–H groups in total. The molecule has 0 aliphatic rings. The summed E-state index contributed by atoms with van der Waals surface area (Å²) < 4.78 is 5.83. The molecule has 136 valence electrons. The van der Waals surface area contributed by atoms with Gasteiger partial charge in [0.2, 0.25) is 0 Å². The van der Waals surface area contributed by atoms with Crippen molar-refractivity contribution in [3.63, 3.8) is 0 Å². The number of rotatable bonds is 8. The Hall–Kier alpha value is -1.73.